The molecule has 1 amide bonds. The number of ether oxygens (including phenoxy) is 3. The number of carbonyl (C=O) groups excluding carboxylic acids is 3. The quantitative estimate of drug-likeness (QED) is 0.206. The van der Waals surface area contributed by atoms with Crippen LogP contribution >= 0.6 is 0 Å². The average Bonchev–Trinajstić information content (AvgIpc) is 3.14. The number of cyclic esters (lactones) is 2. The maximum Gasteiger partial charge on any atom is 0.434 e. The Balaban J connectivity index is 1.54. The van der Waals surface area contributed by atoms with E-state index in [1.165, 1.54) is 19.9 Å². The monoisotopic (exact) mass is 479 g/mol. The molecule has 8 nitrogen and oxygen atoms in total. The van der Waals surface area contributed by atoms with Gasteiger partial charge in [0.1, 0.15) is 11.7 Å². The fraction of sp³-hybridized carbons (Fsp3) is 0.370. The predicted octanol–water partition coefficient (Wildman–Crippen LogP) is 4.95. The van der Waals surface area contributed by atoms with Gasteiger partial charge in [0.15, 0.2) is 0 Å². The van der Waals surface area contributed by atoms with E-state index >= 15 is 0 Å². The number of benzene rings is 2. The Morgan fingerprint density at radius 2 is 1.57 bits per heavy atom. The van der Waals surface area contributed by atoms with Crippen LogP contribution in [0.15, 0.2) is 60.2 Å². The van der Waals surface area contributed by atoms with Crippen molar-refractivity contribution in [2.75, 3.05) is 0 Å². The lowest BCUT2D eigenvalue weighted by Gasteiger charge is -2.31. The van der Waals surface area contributed by atoms with Gasteiger partial charge in [0.2, 0.25) is 0 Å². The third kappa shape index (κ3) is 4.79. The van der Waals surface area contributed by atoms with Crippen molar-refractivity contribution in [3.63, 3.8) is 0 Å². The molecule has 1 heterocycles. The summed E-state index contributed by atoms with van der Waals surface area (Å²) < 4.78 is 15.9. The maximum atomic E-state index is 13.0. The second kappa shape index (κ2) is 9.54. The summed E-state index contributed by atoms with van der Waals surface area (Å²) in [5.74, 6) is -3.33. The predicted molar refractivity (Wildman–Crippen MR) is 126 cm³/mol. The summed E-state index contributed by atoms with van der Waals surface area (Å²) in [4.78, 5) is 37.6. The molecule has 0 radical (unpaired) electrons. The van der Waals surface area contributed by atoms with Crippen LogP contribution in [0.1, 0.15) is 57.6 Å². The van der Waals surface area contributed by atoms with Gasteiger partial charge in [0.05, 0.1) is 6.04 Å². The van der Waals surface area contributed by atoms with Crippen molar-refractivity contribution in [2.45, 2.75) is 64.4 Å². The highest BCUT2D eigenvalue weighted by Gasteiger charge is 2.40. The van der Waals surface area contributed by atoms with Crippen LogP contribution < -0.4 is 0 Å². The fourth-order valence-corrected chi connectivity index (χ4v) is 4.68. The molecule has 1 saturated heterocycles. The molecule has 184 valence electrons. The van der Waals surface area contributed by atoms with Gasteiger partial charge in [0, 0.05) is 19.8 Å². The topological polar surface area (TPSA) is 102 Å². The van der Waals surface area contributed by atoms with Gasteiger partial charge in [0.25, 0.3) is 5.79 Å². The van der Waals surface area contributed by atoms with Crippen LogP contribution in [0.4, 0.5) is 4.79 Å². The van der Waals surface area contributed by atoms with Gasteiger partial charge < -0.3 is 14.2 Å². The van der Waals surface area contributed by atoms with E-state index in [1.807, 2.05) is 55.5 Å². The molecule has 1 fully saturated rings. The van der Waals surface area contributed by atoms with E-state index < -0.39 is 36.0 Å². The molecule has 0 aromatic heterocycles. The second-order valence-corrected chi connectivity index (χ2v) is 9.20. The molecule has 2 aromatic carbocycles. The molecule has 0 bridgehead atoms. The summed E-state index contributed by atoms with van der Waals surface area (Å²) in [7, 11) is 0. The molecule has 2 atom stereocenters. The molecule has 0 spiro atoms. The number of hydrogen-bond donors (Lipinski definition) is 1. The van der Waals surface area contributed by atoms with Crippen molar-refractivity contribution in [1.82, 2.24) is 5.06 Å². The first-order valence-corrected chi connectivity index (χ1v) is 11.7. The number of fused-ring (bicyclic) bond motifs is 3. The number of hydrogen-bond acceptors (Lipinski definition) is 7. The molecular formula is C27H29NO7. The Morgan fingerprint density at radius 3 is 2.09 bits per heavy atom. The number of esters is 2. The first-order chi connectivity index (χ1) is 16.6. The van der Waals surface area contributed by atoms with Crippen molar-refractivity contribution >= 4 is 18.0 Å². The maximum absolute atomic E-state index is 13.0. The fourth-order valence-electron chi connectivity index (χ4n) is 4.68. The van der Waals surface area contributed by atoms with E-state index in [9.17, 15) is 19.6 Å². The zero-order valence-corrected chi connectivity index (χ0v) is 20.2. The van der Waals surface area contributed by atoms with E-state index in [0.717, 1.165) is 22.3 Å². The molecule has 1 aliphatic heterocycles. The van der Waals surface area contributed by atoms with E-state index in [2.05, 4.69) is 0 Å². The third-order valence-electron chi connectivity index (χ3n) is 6.20. The van der Waals surface area contributed by atoms with Crippen LogP contribution in [-0.4, -0.2) is 46.2 Å². The minimum atomic E-state index is -1.38. The van der Waals surface area contributed by atoms with Gasteiger partial charge in [-0.15, -0.1) is 0 Å². The second-order valence-electron chi connectivity index (χ2n) is 9.20. The lowest BCUT2D eigenvalue weighted by molar-refractivity contribution is -0.222. The minimum absolute atomic E-state index is 0.201. The number of carbonyl (C=O) groups is 3. The molecule has 8 heteroatoms. The Kier molecular flexibility index (Phi) is 6.67. The van der Waals surface area contributed by atoms with E-state index in [-0.39, 0.29) is 17.9 Å². The third-order valence-corrected chi connectivity index (χ3v) is 6.20. The smallest absolute Gasteiger partial charge is 0.434 e. The van der Waals surface area contributed by atoms with Crippen LogP contribution in [0.25, 0.3) is 11.1 Å². The first kappa shape index (κ1) is 24.5. The van der Waals surface area contributed by atoms with Crippen molar-refractivity contribution in [1.29, 1.82) is 0 Å². The molecule has 0 unspecified atom stereocenters. The van der Waals surface area contributed by atoms with Gasteiger partial charge in [-0.3, -0.25) is 5.21 Å². The van der Waals surface area contributed by atoms with Crippen LogP contribution in [0, 0.1) is 0 Å². The summed E-state index contributed by atoms with van der Waals surface area (Å²) in [6, 6.07) is 14.9. The van der Waals surface area contributed by atoms with E-state index in [0.29, 0.717) is 11.5 Å². The van der Waals surface area contributed by atoms with Crippen molar-refractivity contribution in [3.05, 3.63) is 71.3 Å². The van der Waals surface area contributed by atoms with Crippen LogP contribution in [0.2, 0.25) is 0 Å². The standard InChI is InChI=1S/C27H29NO7/c1-5-10-17(15-22-24(29)34-27(3,4)35-25(22)30)28(32)26(31)33-16(2)23-20-13-8-6-11-18(20)19-12-7-9-14-21(19)23/h6-9,11-17,23,32H,5,10H2,1-4H3/t16-,17-/m0/s1. The highest BCUT2D eigenvalue weighted by atomic mass is 16.7. The SMILES string of the molecule is CCC[C@@H](C=C1C(=O)OC(C)(C)OC1=O)N(O)C(=O)O[C@@H](C)C1c2ccccc2-c2ccccc21. The van der Waals surface area contributed by atoms with Gasteiger partial charge in [-0.05, 0) is 41.7 Å². The molecule has 2 aromatic rings. The van der Waals surface area contributed by atoms with E-state index in [4.69, 9.17) is 14.2 Å². The minimum Gasteiger partial charge on any atom is -0.444 e. The number of amides is 1. The summed E-state index contributed by atoms with van der Waals surface area (Å²) >= 11 is 0. The molecule has 4 rings (SSSR count). The molecule has 0 saturated carbocycles. The summed E-state index contributed by atoms with van der Waals surface area (Å²) in [6.45, 7) is 6.51. The summed E-state index contributed by atoms with van der Waals surface area (Å²) in [5, 5.41) is 11.1. The number of rotatable bonds is 6. The Hall–Kier alpha value is -3.65. The van der Waals surface area contributed by atoms with Gasteiger partial charge in [-0.1, -0.05) is 61.9 Å². The summed E-state index contributed by atoms with van der Waals surface area (Å²) in [5.41, 5.74) is 3.88. The molecule has 1 N–H and O–H groups in total. The normalized spacial score (nSPS) is 18.0. The van der Waals surface area contributed by atoms with Crippen molar-refractivity contribution < 1.29 is 33.8 Å². The average molecular weight is 480 g/mol. The zero-order valence-electron chi connectivity index (χ0n) is 20.2. The Labute approximate surface area is 204 Å². The lowest BCUT2D eigenvalue weighted by atomic mass is 9.92. The van der Waals surface area contributed by atoms with Crippen LogP contribution in [-0.2, 0) is 23.8 Å². The number of hydroxylamine groups is 2. The van der Waals surface area contributed by atoms with E-state index in [1.54, 1.807) is 6.92 Å². The highest BCUT2D eigenvalue weighted by Crippen LogP contribution is 2.46. The number of nitrogens with zero attached hydrogens (tertiary/aromatic N) is 1. The van der Waals surface area contributed by atoms with Crippen LogP contribution in [0.3, 0.4) is 0 Å². The molecule has 35 heavy (non-hydrogen) atoms. The summed E-state index contributed by atoms with van der Waals surface area (Å²) in [6.07, 6.45) is 0.459. The first-order valence-electron chi connectivity index (χ1n) is 11.7. The largest absolute Gasteiger partial charge is 0.444 e. The van der Waals surface area contributed by atoms with Gasteiger partial charge >= 0.3 is 18.0 Å². The zero-order chi connectivity index (χ0) is 25.3. The van der Waals surface area contributed by atoms with Crippen LogP contribution in [0.5, 0.6) is 0 Å². The molecule has 1 aliphatic carbocycles. The Morgan fingerprint density at radius 1 is 1.06 bits per heavy atom. The molecular weight excluding hydrogens is 450 g/mol. The lowest BCUT2D eigenvalue weighted by Crippen LogP contribution is -2.44. The molecule has 2 aliphatic rings. The highest BCUT2D eigenvalue weighted by molar-refractivity contribution is 6.15. The Bertz CT molecular complexity index is 1120. The van der Waals surface area contributed by atoms with Gasteiger partial charge in [-0.2, -0.15) is 5.06 Å². The van der Waals surface area contributed by atoms with Crippen molar-refractivity contribution in [2.24, 2.45) is 0 Å². The van der Waals surface area contributed by atoms with Crippen molar-refractivity contribution in [3.8, 4) is 11.1 Å². The van der Waals surface area contributed by atoms with Gasteiger partial charge in [-0.25, -0.2) is 14.4 Å².